The molecule has 0 aromatic carbocycles. The van der Waals surface area contributed by atoms with Crippen LogP contribution in [0.25, 0.3) is 0 Å². The number of esters is 1. The number of fused-ring (bicyclic) bond motifs is 2. The number of carbonyl (C=O) groups is 2. The van der Waals surface area contributed by atoms with Gasteiger partial charge in [0, 0.05) is 58.2 Å². The first-order valence-electron chi connectivity index (χ1n) is 22.6. The first kappa shape index (κ1) is 47.6. The average Bonchev–Trinajstić information content (AvgIpc) is 3.56. The molecule has 6 aliphatic heterocycles. The smallest absolute Gasteiger partial charge is 0.316 e. The van der Waals surface area contributed by atoms with Gasteiger partial charge in [-0.1, -0.05) is 58.1 Å². The van der Waals surface area contributed by atoms with Crippen molar-refractivity contribution in [2.24, 2.45) is 23.7 Å². The zero-order valence-corrected chi connectivity index (χ0v) is 38.0. The lowest BCUT2D eigenvalue weighted by molar-refractivity contribution is -0.353. The van der Waals surface area contributed by atoms with E-state index in [-0.39, 0.29) is 49.1 Å². The van der Waals surface area contributed by atoms with Crippen LogP contribution in [0.2, 0.25) is 0 Å². The Bertz CT molecular complexity index is 1740. The van der Waals surface area contributed by atoms with E-state index < -0.39 is 103 Å². The molecule has 3 N–H and O–H groups in total. The molecular weight excluding hydrogens is 805 g/mol. The Morgan fingerprint density at radius 1 is 0.871 bits per heavy atom. The Labute approximate surface area is 366 Å². The van der Waals surface area contributed by atoms with E-state index in [9.17, 15) is 24.9 Å². The van der Waals surface area contributed by atoms with Crippen LogP contribution in [0.5, 0.6) is 0 Å². The summed E-state index contributed by atoms with van der Waals surface area (Å²) < 4.78 is 63.2. The number of hydrogen-bond acceptors (Lipinski definition) is 15. The predicted molar refractivity (Wildman–Crippen MR) is 223 cm³/mol. The maximum Gasteiger partial charge on any atom is 0.316 e. The van der Waals surface area contributed by atoms with Gasteiger partial charge >= 0.3 is 5.97 Å². The van der Waals surface area contributed by atoms with E-state index in [0.29, 0.717) is 36.8 Å². The van der Waals surface area contributed by atoms with Gasteiger partial charge in [0.2, 0.25) is 0 Å². The predicted octanol–water partition coefficient (Wildman–Crippen LogP) is 4.39. The molecule has 0 aromatic rings. The summed E-state index contributed by atoms with van der Waals surface area (Å²) in [7, 11) is 3.19. The highest BCUT2D eigenvalue weighted by molar-refractivity contribution is 6.03. The number of methoxy groups -OCH3 is 2. The number of allylic oxidation sites excluding steroid dienone is 2. The summed E-state index contributed by atoms with van der Waals surface area (Å²) in [6.07, 6.45) is 2.65. The minimum atomic E-state index is -1.97. The molecule has 2 bridgehead atoms. The van der Waals surface area contributed by atoms with Crippen LogP contribution < -0.4 is 0 Å². The third-order valence-corrected chi connectivity index (χ3v) is 14.3. The van der Waals surface area contributed by atoms with Crippen molar-refractivity contribution in [3.63, 3.8) is 0 Å². The number of ether oxygens (including phenoxy) is 10. The molecule has 0 radical (unpaired) electrons. The van der Waals surface area contributed by atoms with E-state index in [0.717, 1.165) is 5.57 Å². The molecule has 62 heavy (non-hydrogen) atoms. The van der Waals surface area contributed by atoms with Gasteiger partial charge in [0.15, 0.2) is 30.3 Å². The SMILES string of the molecule is COC1CC(OC2C(C)OC(OC3C(C)=CCC4CC(CC5(CC(O)C(C)C(C(C)C)O5)O4)OC(=O)C4C=C(C)C(=O)C5OCC(=CC=CC3C)C45O)CC2OC)OC(C)C1O. The number of aliphatic hydroxyl groups excluding tert-OH is 2. The lowest BCUT2D eigenvalue weighted by atomic mass is 9.71. The molecule has 15 nitrogen and oxygen atoms in total. The van der Waals surface area contributed by atoms with Gasteiger partial charge in [-0.3, -0.25) is 9.59 Å². The van der Waals surface area contributed by atoms with Crippen LogP contribution in [0.4, 0.5) is 0 Å². The molecule has 1 spiro atoms. The van der Waals surface area contributed by atoms with Gasteiger partial charge in [-0.2, -0.15) is 0 Å². The van der Waals surface area contributed by atoms with E-state index in [2.05, 4.69) is 19.9 Å². The Hall–Kier alpha value is -2.38. The standard InChI is InChI=1S/C47H70O15/c1-23(2)41-27(6)34(48)21-46(62-41)20-32-17-31(61-46)15-14-25(4)42(24(3)12-11-13-30-22-55-44-39(49)26(5)16-33(45(51)58-32)47(30,44)52)59-38-19-36(54-10)43(29(8)57-38)60-37-18-35(53-9)40(50)28(7)56-37/h11-14,16,23-24,27-29,31-38,40-44,48,50,52H,15,17-22H2,1-10H3. The second-order valence-corrected chi connectivity index (χ2v) is 19.1. The molecular formula is C47H70O15. The fraction of sp³-hybridized carbons (Fsp3) is 0.787. The minimum absolute atomic E-state index is 0.0503. The third-order valence-electron chi connectivity index (χ3n) is 14.3. The van der Waals surface area contributed by atoms with E-state index in [1.165, 1.54) is 6.08 Å². The van der Waals surface area contributed by atoms with Gasteiger partial charge in [-0.05, 0) is 56.8 Å². The van der Waals surface area contributed by atoms with Crippen LogP contribution >= 0.6 is 0 Å². The second-order valence-electron chi connectivity index (χ2n) is 19.1. The van der Waals surface area contributed by atoms with Crippen LogP contribution in [-0.2, 0) is 57.0 Å². The van der Waals surface area contributed by atoms with Gasteiger partial charge in [0.05, 0.1) is 55.4 Å². The topological polar surface area (TPSA) is 187 Å². The summed E-state index contributed by atoms with van der Waals surface area (Å²) in [4.78, 5) is 27.7. The maximum absolute atomic E-state index is 14.3. The van der Waals surface area contributed by atoms with Gasteiger partial charge < -0.3 is 62.7 Å². The molecule has 19 atom stereocenters. The molecule has 7 aliphatic rings. The molecule has 5 saturated heterocycles. The normalized spacial score (nSPS) is 46.8. The lowest BCUT2D eigenvalue weighted by Crippen LogP contribution is -2.59. The van der Waals surface area contributed by atoms with Gasteiger partial charge in [0.25, 0.3) is 0 Å². The molecule has 1 aliphatic carbocycles. The van der Waals surface area contributed by atoms with Crippen molar-refractivity contribution >= 4 is 11.8 Å². The highest BCUT2D eigenvalue weighted by atomic mass is 16.7. The van der Waals surface area contributed by atoms with Crippen LogP contribution in [0, 0.1) is 23.7 Å². The lowest BCUT2D eigenvalue weighted by Gasteiger charge is -2.52. The summed E-state index contributed by atoms with van der Waals surface area (Å²) in [5, 5.41) is 34.3. The zero-order chi connectivity index (χ0) is 44.8. The molecule has 0 aromatic heterocycles. The summed E-state index contributed by atoms with van der Waals surface area (Å²) in [6, 6.07) is 0. The van der Waals surface area contributed by atoms with E-state index in [4.69, 9.17) is 47.4 Å². The van der Waals surface area contributed by atoms with Gasteiger partial charge in [-0.15, -0.1) is 0 Å². The van der Waals surface area contributed by atoms with E-state index in [1.807, 2.05) is 33.8 Å². The van der Waals surface area contributed by atoms with Crippen molar-refractivity contribution in [1.82, 2.24) is 0 Å². The van der Waals surface area contributed by atoms with Crippen LogP contribution in [-0.4, -0.2) is 145 Å². The van der Waals surface area contributed by atoms with Gasteiger partial charge in [0.1, 0.15) is 29.8 Å². The Morgan fingerprint density at radius 3 is 2.27 bits per heavy atom. The van der Waals surface area contributed by atoms with Crippen LogP contribution in [0.1, 0.15) is 93.9 Å². The first-order chi connectivity index (χ1) is 29.4. The largest absolute Gasteiger partial charge is 0.462 e. The minimum Gasteiger partial charge on any atom is -0.462 e. The monoisotopic (exact) mass is 874 g/mol. The summed E-state index contributed by atoms with van der Waals surface area (Å²) in [6.45, 7) is 15.4. The number of Topliss-reactive ketones (excluding diaryl/α,β-unsaturated/α-hetero) is 1. The highest BCUT2D eigenvalue weighted by Gasteiger charge is 2.60. The quantitative estimate of drug-likeness (QED) is 0.241. The molecule has 0 saturated carbocycles. The van der Waals surface area contributed by atoms with E-state index >= 15 is 0 Å². The fourth-order valence-electron chi connectivity index (χ4n) is 10.7. The van der Waals surface area contributed by atoms with E-state index in [1.54, 1.807) is 40.2 Å². The summed E-state index contributed by atoms with van der Waals surface area (Å²) in [5.41, 5.74) is -0.347. The van der Waals surface area contributed by atoms with Gasteiger partial charge in [-0.25, -0.2) is 0 Å². The number of carbonyl (C=O) groups excluding carboxylic acids is 2. The van der Waals surface area contributed by atoms with Crippen molar-refractivity contribution in [1.29, 1.82) is 0 Å². The van der Waals surface area contributed by atoms with Crippen molar-refractivity contribution in [2.45, 2.75) is 191 Å². The van der Waals surface area contributed by atoms with Crippen molar-refractivity contribution in [3.8, 4) is 0 Å². The Balaban J connectivity index is 1.19. The first-order valence-corrected chi connectivity index (χ1v) is 22.6. The molecule has 19 unspecified atom stereocenters. The summed E-state index contributed by atoms with van der Waals surface area (Å²) in [5.74, 6) is -3.77. The maximum atomic E-state index is 14.3. The molecule has 6 heterocycles. The molecule has 7 rings (SSSR count). The highest BCUT2D eigenvalue weighted by Crippen LogP contribution is 2.47. The number of ketones is 1. The Morgan fingerprint density at radius 2 is 1.56 bits per heavy atom. The van der Waals surface area contributed by atoms with Crippen LogP contribution in [0.15, 0.2) is 47.1 Å². The second kappa shape index (κ2) is 19.2. The van der Waals surface area contributed by atoms with Crippen molar-refractivity contribution < 1.29 is 72.3 Å². The van der Waals surface area contributed by atoms with Crippen LogP contribution in [0.3, 0.4) is 0 Å². The molecule has 348 valence electrons. The summed E-state index contributed by atoms with van der Waals surface area (Å²) >= 11 is 0. The fourth-order valence-corrected chi connectivity index (χ4v) is 10.7. The molecule has 5 fully saturated rings. The van der Waals surface area contributed by atoms with Crippen molar-refractivity contribution in [2.75, 3.05) is 20.8 Å². The average molecular weight is 875 g/mol. The Kier molecular flexibility index (Phi) is 14.8. The molecule has 15 heteroatoms. The number of aliphatic hydroxyl groups is 3. The zero-order valence-electron chi connectivity index (χ0n) is 38.0. The number of hydrogen-bond donors (Lipinski definition) is 3. The third kappa shape index (κ3) is 9.48. The van der Waals surface area contributed by atoms with Crippen molar-refractivity contribution in [3.05, 3.63) is 47.1 Å². The number of rotatable bonds is 7. The molecule has 0 amide bonds.